The van der Waals surface area contributed by atoms with E-state index in [-0.39, 0.29) is 18.6 Å². The van der Waals surface area contributed by atoms with Crippen LogP contribution in [-0.2, 0) is 4.79 Å². The van der Waals surface area contributed by atoms with Crippen LogP contribution in [0.1, 0.15) is 54.9 Å². The van der Waals surface area contributed by atoms with Gasteiger partial charge in [0.15, 0.2) is 5.78 Å². The molecule has 110 valence electrons. The van der Waals surface area contributed by atoms with Crippen molar-refractivity contribution in [2.45, 2.75) is 46.0 Å². The van der Waals surface area contributed by atoms with Crippen molar-refractivity contribution in [2.75, 3.05) is 6.61 Å². The highest BCUT2D eigenvalue weighted by Crippen LogP contribution is 2.22. The van der Waals surface area contributed by atoms with Gasteiger partial charge >= 0.3 is 5.97 Å². The molecule has 0 aliphatic rings. The molecule has 0 atom stereocenters. The first-order valence-electron chi connectivity index (χ1n) is 7.03. The van der Waals surface area contributed by atoms with Crippen molar-refractivity contribution in [3.63, 3.8) is 0 Å². The molecular formula is C16H22O4. The van der Waals surface area contributed by atoms with Gasteiger partial charge in [-0.3, -0.25) is 9.59 Å². The van der Waals surface area contributed by atoms with Crippen LogP contribution in [0, 0.1) is 6.92 Å². The van der Waals surface area contributed by atoms with Crippen LogP contribution in [0.3, 0.4) is 0 Å². The third-order valence-corrected chi connectivity index (χ3v) is 2.99. The van der Waals surface area contributed by atoms with Crippen LogP contribution in [-0.4, -0.2) is 23.5 Å². The molecule has 4 nitrogen and oxygen atoms in total. The second kappa shape index (κ2) is 8.35. The van der Waals surface area contributed by atoms with Gasteiger partial charge in [-0.15, -0.1) is 0 Å². The number of unbranched alkanes of at least 4 members (excludes halogenated alkanes) is 1. The molecule has 0 unspecified atom stereocenters. The van der Waals surface area contributed by atoms with E-state index >= 15 is 0 Å². The third-order valence-electron chi connectivity index (χ3n) is 2.99. The fraction of sp³-hybridized carbons (Fsp3) is 0.500. The third kappa shape index (κ3) is 5.43. The highest BCUT2D eigenvalue weighted by atomic mass is 16.5. The van der Waals surface area contributed by atoms with E-state index in [9.17, 15) is 9.59 Å². The Morgan fingerprint density at radius 3 is 2.60 bits per heavy atom. The number of rotatable bonds is 9. The lowest BCUT2D eigenvalue weighted by atomic mass is 10.0. The van der Waals surface area contributed by atoms with Crippen molar-refractivity contribution < 1.29 is 19.4 Å². The van der Waals surface area contributed by atoms with Crippen LogP contribution in [0.15, 0.2) is 18.2 Å². The SMILES string of the molecule is CCCCOc1ccc(C)cc1C(=O)CCCC(=O)O. The van der Waals surface area contributed by atoms with Crippen molar-refractivity contribution in [1.29, 1.82) is 0 Å². The summed E-state index contributed by atoms with van der Waals surface area (Å²) in [4.78, 5) is 22.6. The number of carboxylic acids is 1. The first-order valence-corrected chi connectivity index (χ1v) is 7.03. The Bertz CT molecular complexity index is 466. The van der Waals surface area contributed by atoms with E-state index in [4.69, 9.17) is 9.84 Å². The lowest BCUT2D eigenvalue weighted by Crippen LogP contribution is -2.06. The highest BCUT2D eigenvalue weighted by Gasteiger charge is 2.13. The molecule has 1 aromatic carbocycles. The summed E-state index contributed by atoms with van der Waals surface area (Å²) in [5.74, 6) is -0.327. The van der Waals surface area contributed by atoms with E-state index in [0.717, 1.165) is 18.4 Å². The lowest BCUT2D eigenvalue weighted by Gasteiger charge is -2.11. The molecule has 20 heavy (non-hydrogen) atoms. The predicted molar refractivity (Wildman–Crippen MR) is 77.4 cm³/mol. The minimum absolute atomic E-state index is 0.0174. The topological polar surface area (TPSA) is 63.6 Å². The summed E-state index contributed by atoms with van der Waals surface area (Å²) in [6.45, 7) is 4.59. The van der Waals surface area contributed by atoms with Gasteiger partial charge < -0.3 is 9.84 Å². The van der Waals surface area contributed by atoms with Crippen molar-refractivity contribution >= 4 is 11.8 Å². The van der Waals surface area contributed by atoms with Crippen molar-refractivity contribution in [3.05, 3.63) is 29.3 Å². The number of hydrogen-bond donors (Lipinski definition) is 1. The van der Waals surface area contributed by atoms with Gasteiger partial charge in [-0.1, -0.05) is 25.0 Å². The molecule has 1 rings (SSSR count). The number of ketones is 1. The first-order chi connectivity index (χ1) is 9.54. The Labute approximate surface area is 119 Å². The van der Waals surface area contributed by atoms with Gasteiger partial charge in [-0.2, -0.15) is 0 Å². The summed E-state index contributed by atoms with van der Waals surface area (Å²) in [5, 5.41) is 8.60. The van der Waals surface area contributed by atoms with Crippen LogP contribution in [0.25, 0.3) is 0 Å². The van der Waals surface area contributed by atoms with Crippen LogP contribution < -0.4 is 4.74 Å². The predicted octanol–water partition coefficient (Wildman–Crippen LogP) is 3.61. The van der Waals surface area contributed by atoms with Crippen LogP contribution in [0.2, 0.25) is 0 Å². The van der Waals surface area contributed by atoms with Gasteiger partial charge in [0.05, 0.1) is 12.2 Å². The van der Waals surface area contributed by atoms with Gasteiger partial charge in [0.25, 0.3) is 0 Å². The fourth-order valence-electron chi connectivity index (χ4n) is 1.85. The Morgan fingerprint density at radius 1 is 1.20 bits per heavy atom. The molecule has 0 saturated heterocycles. The maximum absolute atomic E-state index is 12.2. The van der Waals surface area contributed by atoms with E-state index in [1.165, 1.54) is 0 Å². The number of Topliss-reactive ketones (excluding diaryl/α,β-unsaturated/α-hetero) is 1. The Morgan fingerprint density at radius 2 is 1.95 bits per heavy atom. The standard InChI is InChI=1S/C16H22O4/c1-3-4-10-20-15-9-8-12(2)11-13(15)14(17)6-5-7-16(18)19/h8-9,11H,3-7,10H2,1-2H3,(H,18,19). The molecule has 0 fully saturated rings. The smallest absolute Gasteiger partial charge is 0.303 e. The molecule has 0 amide bonds. The molecule has 0 bridgehead atoms. The van der Waals surface area contributed by atoms with Gasteiger partial charge in [0.1, 0.15) is 5.75 Å². The Kier molecular flexibility index (Phi) is 6.77. The number of aliphatic carboxylic acids is 1. The molecule has 0 aliphatic heterocycles. The number of carbonyl (C=O) groups excluding carboxylic acids is 1. The van der Waals surface area contributed by atoms with E-state index in [2.05, 4.69) is 6.92 Å². The zero-order valence-electron chi connectivity index (χ0n) is 12.1. The fourth-order valence-corrected chi connectivity index (χ4v) is 1.85. The minimum Gasteiger partial charge on any atom is -0.493 e. The molecule has 0 aromatic heterocycles. The molecule has 0 heterocycles. The second-order valence-electron chi connectivity index (χ2n) is 4.87. The second-order valence-corrected chi connectivity index (χ2v) is 4.87. The number of aryl methyl sites for hydroxylation is 1. The lowest BCUT2D eigenvalue weighted by molar-refractivity contribution is -0.137. The van der Waals surface area contributed by atoms with Gasteiger partial charge in [0, 0.05) is 12.8 Å². The molecule has 0 aliphatic carbocycles. The minimum atomic E-state index is -0.874. The summed E-state index contributed by atoms with van der Waals surface area (Å²) in [6, 6.07) is 5.54. The van der Waals surface area contributed by atoms with Gasteiger partial charge in [0.2, 0.25) is 0 Å². The zero-order valence-corrected chi connectivity index (χ0v) is 12.1. The van der Waals surface area contributed by atoms with Crippen LogP contribution in [0.5, 0.6) is 5.75 Å². The molecular weight excluding hydrogens is 256 g/mol. The Balaban J connectivity index is 2.71. The Hall–Kier alpha value is -1.84. The monoisotopic (exact) mass is 278 g/mol. The first kappa shape index (κ1) is 16.2. The zero-order chi connectivity index (χ0) is 15.0. The molecule has 0 spiro atoms. The van der Waals surface area contributed by atoms with Gasteiger partial charge in [-0.05, 0) is 31.9 Å². The van der Waals surface area contributed by atoms with Crippen molar-refractivity contribution in [3.8, 4) is 5.75 Å². The summed E-state index contributed by atoms with van der Waals surface area (Å²) >= 11 is 0. The van der Waals surface area contributed by atoms with Gasteiger partial charge in [-0.25, -0.2) is 0 Å². The molecule has 0 saturated carbocycles. The number of carbonyl (C=O) groups is 2. The summed E-state index contributed by atoms with van der Waals surface area (Å²) in [6.07, 6.45) is 2.59. The van der Waals surface area contributed by atoms with Crippen molar-refractivity contribution in [2.24, 2.45) is 0 Å². The average molecular weight is 278 g/mol. The number of benzene rings is 1. The largest absolute Gasteiger partial charge is 0.493 e. The quantitative estimate of drug-likeness (QED) is 0.553. The molecule has 1 N–H and O–H groups in total. The maximum Gasteiger partial charge on any atom is 0.303 e. The summed E-state index contributed by atoms with van der Waals surface area (Å²) < 4.78 is 5.64. The summed E-state index contributed by atoms with van der Waals surface area (Å²) in [5.41, 5.74) is 1.56. The normalized spacial score (nSPS) is 10.3. The van der Waals surface area contributed by atoms with E-state index in [1.807, 2.05) is 25.1 Å². The number of carboxylic acid groups (broad SMARTS) is 1. The van der Waals surface area contributed by atoms with E-state index in [1.54, 1.807) is 0 Å². The molecule has 4 heteroatoms. The van der Waals surface area contributed by atoms with Crippen LogP contribution in [0.4, 0.5) is 0 Å². The van der Waals surface area contributed by atoms with E-state index in [0.29, 0.717) is 24.3 Å². The van der Waals surface area contributed by atoms with Crippen LogP contribution >= 0.6 is 0 Å². The number of hydrogen-bond acceptors (Lipinski definition) is 3. The van der Waals surface area contributed by atoms with Crippen molar-refractivity contribution in [1.82, 2.24) is 0 Å². The van der Waals surface area contributed by atoms with E-state index < -0.39 is 5.97 Å². The summed E-state index contributed by atoms with van der Waals surface area (Å²) in [7, 11) is 0. The number of ether oxygens (including phenoxy) is 1. The molecule has 0 radical (unpaired) electrons. The average Bonchev–Trinajstić information content (AvgIpc) is 2.40. The maximum atomic E-state index is 12.2. The highest BCUT2D eigenvalue weighted by molar-refractivity contribution is 5.99. The molecule has 1 aromatic rings.